The molecule has 0 unspecified atom stereocenters. The van der Waals surface area contributed by atoms with Crippen LogP contribution in [0.1, 0.15) is 19.8 Å². The Morgan fingerprint density at radius 1 is 1.36 bits per heavy atom. The van der Waals surface area contributed by atoms with E-state index in [-0.39, 0.29) is 5.91 Å². The van der Waals surface area contributed by atoms with Crippen molar-refractivity contribution >= 4 is 11.6 Å². The van der Waals surface area contributed by atoms with Crippen LogP contribution in [0.2, 0.25) is 0 Å². The first-order chi connectivity index (χ1) is 6.83. The topological polar surface area (TPSA) is 29.1 Å². The zero-order chi connectivity index (χ0) is 10.2. The van der Waals surface area contributed by atoms with Crippen molar-refractivity contribution in [1.29, 1.82) is 0 Å². The molecule has 1 N–H and O–H groups in total. The fourth-order valence-corrected chi connectivity index (χ4v) is 0.952. The molecule has 1 rings (SSSR count). The van der Waals surface area contributed by atoms with Crippen molar-refractivity contribution in [3.05, 3.63) is 30.3 Å². The normalized spacial score (nSPS) is 8.64. The second-order valence-electron chi connectivity index (χ2n) is 2.87. The predicted octanol–water partition coefficient (Wildman–Crippen LogP) is 2.43. The van der Waals surface area contributed by atoms with Crippen molar-refractivity contribution < 1.29 is 4.79 Å². The quantitative estimate of drug-likeness (QED) is 0.708. The number of anilines is 1. The van der Waals surface area contributed by atoms with E-state index in [1.54, 1.807) is 0 Å². The second-order valence-corrected chi connectivity index (χ2v) is 2.87. The largest absolute Gasteiger partial charge is 0.315 e. The summed E-state index contributed by atoms with van der Waals surface area (Å²) in [6, 6.07) is 9.31. The van der Waals surface area contributed by atoms with Crippen molar-refractivity contribution in [2.75, 3.05) is 5.32 Å². The van der Waals surface area contributed by atoms with Gasteiger partial charge in [-0.2, -0.15) is 0 Å². The van der Waals surface area contributed by atoms with Crippen LogP contribution in [0.5, 0.6) is 0 Å². The standard InChI is InChI=1S/C12H13NO/c1-2-3-5-10-12(14)13-11-8-6-4-7-9-11/h4,6-9H,2-3H2,1H3,(H,13,14). The molecule has 2 nitrogen and oxygen atoms in total. The minimum Gasteiger partial charge on any atom is -0.315 e. The van der Waals surface area contributed by atoms with Gasteiger partial charge in [-0.15, -0.1) is 0 Å². The first kappa shape index (κ1) is 10.3. The first-order valence-electron chi connectivity index (χ1n) is 4.68. The molecule has 0 saturated heterocycles. The summed E-state index contributed by atoms with van der Waals surface area (Å²) in [4.78, 5) is 11.2. The van der Waals surface area contributed by atoms with Crippen LogP contribution in [0, 0.1) is 11.8 Å². The molecule has 1 aromatic rings. The molecule has 0 radical (unpaired) electrons. The number of carbonyl (C=O) groups is 1. The molecular formula is C12H13NO. The van der Waals surface area contributed by atoms with Crippen molar-refractivity contribution in [2.24, 2.45) is 0 Å². The second kappa shape index (κ2) is 5.82. The zero-order valence-electron chi connectivity index (χ0n) is 8.21. The highest BCUT2D eigenvalue weighted by Gasteiger charge is 1.94. The number of nitrogens with one attached hydrogen (secondary N) is 1. The van der Waals surface area contributed by atoms with Crippen LogP contribution < -0.4 is 5.32 Å². The van der Waals surface area contributed by atoms with Gasteiger partial charge in [-0.3, -0.25) is 4.79 Å². The highest BCUT2D eigenvalue weighted by molar-refractivity contribution is 6.03. The summed E-state index contributed by atoms with van der Waals surface area (Å²) in [7, 11) is 0. The van der Waals surface area contributed by atoms with E-state index >= 15 is 0 Å². The number of benzene rings is 1. The Kier molecular flexibility index (Phi) is 4.30. The first-order valence-corrected chi connectivity index (χ1v) is 4.68. The van der Waals surface area contributed by atoms with Crippen LogP contribution >= 0.6 is 0 Å². The maximum absolute atomic E-state index is 11.2. The molecule has 14 heavy (non-hydrogen) atoms. The number of hydrogen-bond donors (Lipinski definition) is 1. The molecule has 1 aromatic carbocycles. The lowest BCUT2D eigenvalue weighted by atomic mass is 10.3. The lowest BCUT2D eigenvalue weighted by Crippen LogP contribution is -2.07. The molecule has 1 amide bonds. The Balaban J connectivity index is 2.47. The number of rotatable bonds is 2. The average molecular weight is 187 g/mol. The molecule has 0 aliphatic rings. The van der Waals surface area contributed by atoms with Crippen LogP contribution in [0.3, 0.4) is 0 Å². The van der Waals surface area contributed by atoms with Crippen molar-refractivity contribution in [3.63, 3.8) is 0 Å². The van der Waals surface area contributed by atoms with Gasteiger partial charge in [0.25, 0.3) is 5.91 Å². The Morgan fingerprint density at radius 2 is 2.07 bits per heavy atom. The lowest BCUT2D eigenvalue weighted by molar-refractivity contribution is -0.111. The van der Waals surface area contributed by atoms with E-state index in [4.69, 9.17) is 0 Å². The summed E-state index contributed by atoms with van der Waals surface area (Å²) in [5.74, 6) is 5.08. The molecule has 0 aliphatic heterocycles. The van der Waals surface area contributed by atoms with E-state index in [1.165, 1.54) is 0 Å². The van der Waals surface area contributed by atoms with Gasteiger partial charge in [0.2, 0.25) is 0 Å². The molecule has 0 spiro atoms. The van der Waals surface area contributed by atoms with E-state index < -0.39 is 0 Å². The minimum absolute atomic E-state index is 0.246. The van der Waals surface area contributed by atoms with Gasteiger partial charge in [0.15, 0.2) is 0 Å². The maximum atomic E-state index is 11.2. The van der Waals surface area contributed by atoms with Crippen LogP contribution in [-0.4, -0.2) is 5.91 Å². The monoisotopic (exact) mass is 187 g/mol. The molecular weight excluding hydrogens is 174 g/mol. The van der Waals surface area contributed by atoms with Crippen LogP contribution in [0.4, 0.5) is 5.69 Å². The Labute approximate surface area is 84.3 Å². The number of para-hydroxylation sites is 1. The van der Waals surface area contributed by atoms with Gasteiger partial charge < -0.3 is 5.32 Å². The van der Waals surface area contributed by atoms with E-state index in [0.717, 1.165) is 18.5 Å². The van der Waals surface area contributed by atoms with E-state index in [1.807, 2.05) is 37.3 Å². The van der Waals surface area contributed by atoms with Crippen LogP contribution in [-0.2, 0) is 4.79 Å². The van der Waals surface area contributed by atoms with Gasteiger partial charge in [0.05, 0.1) is 0 Å². The summed E-state index contributed by atoms with van der Waals surface area (Å²) in [6.07, 6.45) is 1.74. The number of carbonyl (C=O) groups excluding carboxylic acids is 1. The molecule has 0 saturated carbocycles. The van der Waals surface area contributed by atoms with Gasteiger partial charge in [-0.25, -0.2) is 0 Å². The Bertz CT molecular complexity index is 346. The summed E-state index contributed by atoms with van der Waals surface area (Å²) >= 11 is 0. The molecule has 2 heteroatoms. The third kappa shape index (κ3) is 3.77. The fourth-order valence-electron chi connectivity index (χ4n) is 0.952. The molecule has 0 heterocycles. The summed E-state index contributed by atoms with van der Waals surface area (Å²) in [5.41, 5.74) is 0.781. The average Bonchev–Trinajstić information content (AvgIpc) is 2.20. The molecule has 0 bridgehead atoms. The van der Waals surface area contributed by atoms with Crippen molar-refractivity contribution in [3.8, 4) is 11.8 Å². The summed E-state index contributed by atoms with van der Waals surface area (Å²) in [5, 5.41) is 2.69. The highest BCUT2D eigenvalue weighted by atomic mass is 16.1. The molecule has 0 aliphatic carbocycles. The summed E-state index contributed by atoms with van der Waals surface area (Å²) < 4.78 is 0. The van der Waals surface area contributed by atoms with Crippen LogP contribution in [0.25, 0.3) is 0 Å². The van der Waals surface area contributed by atoms with E-state index in [2.05, 4.69) is 17.2 Å². The highest BCUT2D eigenvalue weighted by Crippen LogP contribution is 2.03. The SMILES string of the molecule is CCCC#CC(=O)Nc1ccccc1. The maximum Gasteiger partial charge on any atom is 0.300 e. The molecule has 0 atom stereocenters. The zero-order valence-corrected chi connectivity index (χ0v) is 8.21. The predicted molar refractivity (Wildman–Crippen MR) is 57.8 cm³/mol. The number of amides is 1. The number of unbranched alkanes of at least 4 members (excludes halogenated alkanes) is 1. The smallest absolute Gasteiger partial charge is 0.300 e. The van der Waals surface area contributed by atoms with Gasteiger partial charge in [0, 0.05) is 12.1 Å². The van der Waals surface area contributed by atoms with Crippen LogP contribution in [0.15, 0.2) is 30.3 Å². The molecule has 72 valence electrons. The Morgan fingerprint density at radius 3 is 2.71 bits per heavy atom. The number of hydrogen-bond acceptors (Lipinski definition) is 1. The summed E-state index contributed by atoms with van der Waals surface area (Å²) in [6.45, 7) is 2.03. The minimum atomic E-state index is -0.246. The van der Waals surface area contributed by atoms with Gasteiger partial charge in [0.1, 0.15) is 0 Å². The van der Waals surface area contributed by atoms with E-state index in [9.17, 15) is 4.79 Å². The van der Waals surface area contributed by atoms with Crippen molar-refractivity contribution in [1.82, 2.24) is 0 Å². The fraction of sp³-hybridized carbons (Fsp3) is 0.250. The van der Waals surface area contributed by atoms with Gasteiger partial charge in [-0.05, 0) is 24.5 Å². The van der Waals surface area contributed by atoms with E-state index in [0.29, 0.717) is 0 Å². The molecule has 0 fully saturated rings. The van der Waals surface area contributed by atoms with Gasteiger partial charge in [-0.1, -0.05) is 31.0 Å². The third-order valence-electron chi connectivity index (χ3n) is 1.61. The Hall–Kier alpha value is -1.75. The molecule has 0 aromatic heterocycles. The lowest BCUT2D eigenvalue weighted by Gasteiger charge is -1.98. The third-order valence-corrected chi connectivity index (χ3v) is 1.61. The van der Waals surface area contributed by atoms with Crippen molar-refractivity contribution in [2.45, 2.75) is 19.8 Å². The van der Waals surface area contributed by atoms with Gasteiger partial charge >= 0.3 is 0 Å².